The van der Waals surface area contributed by atoms with Crippen molar-refractivity contribution in [2.75, 3.05) is 0 Å². The molecule has 0 radical (unpaired) electrons. The van der Waals surface area contributed by atoms with Gasteiger partial charge in [0.25, 0.3) is 5.91 Å². The van der Waals surface area contributed by atoms with E-state index < -0.39 is 11.6 Å². The van der Waals surface area contributed by atoms with E-state index in [0.717, 1.165) is 19.3 Å². The van der Waals surface area contributed by atoms with Crippen molar-refractivity contribution in [3.63, 3.8) is 0 Å². The maximum absolute atomic E-state index is 10.8. The van der Waals surface area contributed by atoms with Crippen LogP contribution in [0.15, 0.2) is 0 Å². The first-order valence-electron chi connectivity index (χ1n) is 9.32. The van der Waals surface area contributed by atoms with E-state index in [4.69, 9.17) is 11.5 Å². The molecule has 0 saturated heterocycles. The minimum Gasteiger partial charge on any atom is -0.368 e. The van der Waals surface area contributed by atoms with Crippen molar-refractivity contribution in [3.8, 4) is 0 Å². The topological polar surface area (TPSA) is 89.3 Å². The van der Waals surface area contributed by atoms with Crippen molar-refractivity contribution >= 4 is 5.91 Å². The van der Waals surface area contributed by atoms with Gasteiger partial charge in [-0.15, -0.1) is 0 Å². The molecule has 0 aliphatic rings. The molecule has 1 unspecified atom stereocenters. The van der Waals surface area contributed by atoms with Gasteiger partial charge in [0.2, 0.25) is 0 Å². The number of hydrogen-bond acceptors (Lipinski definition) is 3. The number of unbranched alkanes of at least 4 members (excludes halogenated alkanes) is 13. The monoisotopic (exact) mass is 314 g/mol. The molecular weight excluding hydrogens is 276 g/mol. The average molecular weight is 315 g/mol. The van der Waals surface area contributed by atoms with Crippen molar-refractivity contribution in [1.29, 1.82) is 0 Å². The van der Waals surface area contributed by atoms with E-state index in [-0.39, 0.29) is 6.42 Å². The lowest BCUT2D eigenvalue weighted by molar-refractivity contribution is -0.136. The number of hydrogen-bond donors (Lipinski definition) is 3. The fraction of sp³-hybridized carbons (Fsp3) is 0.944. The Hall–Kier alpha value is -0.610. The highest BCUT2D eigenvalue weighted by atomic mass is 16.3. The molecule has 4 nitrogen and oxygen atoms in total. The van der Waals surface area contributed by atoms with E-state index in [1.807, 2.05) is 0 Å². The highest BCUT2D eigenvalue weighted by Gasteiger charge is 2.27. The average Bonchev–Trinajstić information content (AvgIpc) is 2.47. The van der Waals surface area contributed by atoms with Crippen molar-refractivity contribution in [3.05, 3.63) is 0 Å². The molecule has 0 spiro atoms. The van der Waals surface area contributed by atoms with Gasteiger partial charge >= 0.3 is 0 Å². The van der Waals surface area contributed by atoms with E-state index >= 15 is 0 Å². The Morgan fingerprint density at radius 1 is 0.773 bits per heavy atom. The first-order valence-corrected chi connectivity index (χ1v) is 9.32. The van der Waals surface area contributed by atoms with Crippen LogP contribution in [0.4, 0.5) is 0 Å². The summed E-state index contributed by atoms with van der Waals surface area (Å²) in [5.41, 5.74) is 8.58. The predicted octanol–water partition coefficient (Wildman–Crippen LogP) is 3.99. The van der Waals surface area contributed by atoms with Crippen LogP contribution in [0.3, 0.4) is 0 Å². The summed E-state index contributed by atoms with van der Waals surface area (Å²) in [4.78, 5) is 10.8. The van der Waals surface area contributed by atoms with Gasteiger partial charge < -0.3 is 10.8 Å². The Kier molecular flexibility index (Phi) is 13.6. The number of primary amides is 1. The van der Waals surface area contributed by atoms with Crippen molar-refractivity contribution in [1.82, 2.24) is 0 Å². The summed E-state index contributed by atoms with van der Waals surface area (Å²) in [7, 11) is 0. The lowest BCUT2D eigenvalue weighted by Gasteiger charge is -2.18. The molecule has 0 rings (SSSR count). The second-order valence-corrected chi connectivity index (χ2v) is 6.63. The van der Waals surface area contributed by atoms with Gasteiger partial charge in [0.05, 0.1) is 0 Å². The number of carbonyl (C=O) groups excluding carboxylic acids is 1. The number of nitrogens with two attached hydrogens (primary N) is 2. The third-order valence-electron chi connectivity index (χ3n) is 4.34. The molecule has 0 aliphatic carbocycles. The second-order valence-electron chi connectivity index (χ2n) is 6.63. The normalized spacial score (nSPS) is 14.0. The van der Waals surface area contributed by atoms with Gasteiger partial charge in [-0.05, 0) is 12.8 Å². The summed E-state index contributed by atoms with van der Waals surface area (Å²) >= 11 is 0. The van der Waals surface area contributed by atoms with Crippen LogP contribution < -0.4 is 11.5 Å². The van der Waals surface area contributed by atoms with Crippen LogP contribution in [-0.2, 0) is 4.79 Å². The summed E-state index contributed by atoms with van der Waals surface area (Å²) < 4.78 is 0. The lowest BCUT2D eigenvalue weighted by atomic mass is 10.0. The molecule has 0 bridgehead atoms. The Labute approximate surface area is 137 Å². The second kappa shape index (κ2) is 14.0. The Balaban J connectivity index is 3.16. The number of rotatable bonds is 16. The van der Waals surface area contributed by atoms with Crippen LogP contribution >= 0.6 is 0 Å². The van der Waals surface area contributed by atoms with E-state index in [1.165, 1.54) is 70.6 Å². The Bertz CT molecular complexity index is 268. The summed E-state index contributed by atoms with van der Waals surface area (Å²) in [6.45, 7) is 2.26. The molecule has 1 amide bonds. The molecule has 1 atom stereocenters. The van der Waals surface area contributed by atoms with Crippen LogP contribution in [-0.4, -0.2) is 16.7 Å². The molecule has 0 saturated carbocycles. The van der Waals surface area contributed by atoms with Gasteiger partial charge in [-0.2, -0.15) is 0 Å². The van der Waals surface area contributed by atoms with Gasteiger partial charge in [0.15, 0.2) is 5.72 Å². The highest BCUT2D eigenvalue weighted by molar-refractivity contribution is 5.82. The summed E-state index contributed by atoms with van der Waals surface area (Å²) in [5.74, 6) is -0.831. The molecule has 22 heavy (non-hydrogen) atoms. The number of carbonyl (C=O) groups is 1. The first-order chi connectivity index (χ1) is 10.5. The van der Waals surface area contributed by atoms with Crippen LogP contribution in [0, 0.1) is 0 Å². The molecule has 132 valence electrons. The highest BCUT2D eigenvalue weighted by Crippen LogP contribution is 2.14. The maximum atomic E-state index is 10.8. The molecular formula is C18H38N2O2. The van der Waals surface area contributed by atoms with Crippen LogP contribution in [0.1, 0.15) is 103 Å². The summed E-state index contributed by atoms with van der Waals surface area (Å²) in [5, 5.41) is 9.49. The fourth-order valence-electron chi connectivity index (χ4n) is 2.71. The molecule has 0 aliphatic heterocycles. The molecule has 0 fully saturated rings. The smallest absolute Gasteiger partial charge is 0.264 e. The van der Waals surface area contributed by atoms with Crippen molar-refractivity contribution in [2.45, 2.75) is 109 Å². The van der Waals surface area contributed by atoms with Gasteiger partial charge in [0, 0.05) is 0 Å². The molecule has 0 aromatic heterocycles. The quantitative estimate of drug-likeness (QED) is 0.297. The van der Waals surface area contributed by atoms with Gasteiger partial charge in [-0.25, -0.2) is 0 Å². The van der Waals surface area contributed by atoms with E-state index in [9.17, 15) is 9.90 Å². The third kappa shape index (κ3) is 13.1. The first kappa shape index (κ1) is 21.4. The van der Waals surface area contributed by atoms with Crippen LogP contribution in [0.25, 0.3) is 0 Å². The van der Waals surface area contributed by atoms with Gasteiger partial charge in [-0.3, -0.25) is 10.5 Å². The maximum Gasteiger partial charge on any atom is 0.264 e. The number of amides is 1. The number of aliphatic hydroxyl groups is 1. The minimum atomic E-state index is -1.82. The zero-order valence-electron chi connectivity index (χ0n) is 14.6. The van der Waals surface area contributed by atoms with E-state index in [1.54, 1.807) is 0 Å². The summed E-state index contributed by atoms with van der Waals surface area (Å²) in [6, 6.07) is 0. The largest absolute Gasteiger partial charge is 0.368 e. The predicted molar refractivity (Wildman–Crippen MR) is 93.3 cm³/mol. The van der Waals surface area contributed by atoms with Gasteiger partial charge in [-0.1, -0.05) is 90.4 Å². The Morgan fingerprint density at radius 2 is 1.09 bits per heavy atom. The standard InChI is InChI=1S/C18H38N2O2/c1-2-3-4-5-6-7-8-9-10-11-12-13-14-15-16-18(20,22)17(19)21/h22H,2-16,20H2,1H3,(H2,19,21). The SMILES string of the molecule is CCCCCCCCCCCCCCCCC(N)(O)C(N)=O. The molecule has 4 heteroatoms. The zero-order valence-corrected chi connectivity index (χ0v) is 14.6. The van der Waals surface area contributed by atoms with Crippen molar-refractivity contribution in [2.24, 2.45) is 11.5 Å². The molecule has 0 aromatic carbocycles. The fourth-order valence-corrected chi connectivity index (χ4v) is 2.71. The van der Waals surface area contributed by atoms with Crippen LogP contribution in [0.2, 0.25) is 0 Å². The van der Waals surface area contributed by atoms with E-state index in [0.29, 0.717) is 0 Å². The minimum absolute atomic E-state index is 0.264. The summed E-state index contributed by atoms with van der Waals surface area (Å²) in [6.07, 6.45) is 18.1. The Morgan fingerprint density at radius 3 is 1.41 bits per heavy atom. The van der Waals surface area contributed by atoms with Crippen LogP contribution in [0.5, 0.6) is 0 Å². The molecule has 0 aromatic rings. The van der Waals surface area contributed by atoms with E-state index in [2.05, 4.69) is 6.92 Å². The lowest BCUT2D eigenvalue weighted by Crippen LogP contribution is -2.51. The zero-order chi connectivity index (χ0) is 16.7. The molecule has 5 N–H and O–H groups in total. The van der Waals surface area contributed by atoms with Crippen molar-refractivity contribution < 1.29 is 9.90 Å². The molecule has 0 heterocycles. The van der Waals surface area contributed by atoms with Gasteiger partial charge in [0.1, 0.15) is 0 Å². The third-order valence-corrected chi connectivity index (χ3v) is 4.34.